The standard InChI is InChI=1S/C49H60F4N5O8PS2/c1-47(2,3)45(62)68-22-20-65-67(64,66-21-23-69-46(63)48(4,5)6)49(52,53)36-15-14-31-12-13-33(24-34(31)25-36)42(59)55-39-29-56(30-41(50)51)19-18-37-16-17-40(58(37)43(39)60)44(61)57-27-35(26-54)38(28-57)32-10-8-7-9-11-32/h7-15,24-25,35,37-41H,16-23,27-30H2,1-6H3,(H,55,59)/t35-,37+,38+,39-,40-/m0/s1. The lowest BCUT2D eigenvalue weighted by atomic mass is 9.90. The number of rotatable bonds is 16. The molecule has 0 saturated carbocycles. The molecule has 3 saturated heterocycles. The minimum atomic E-state index is -5.36. The first kappa shape index (κ1) is 54.0. The number of nitrogens with one attached hydrogen (secondary N) is 1. The first-order valence-corrected chi connectivity index (χ1v) is 26.5. The highest BCUT2D eigenvalue weighted by atomic mass is 32.2. The summed E-state index contributed by atoms with van der Waals surface area (Å²) >= 11 is 1.68. The Morgan fingerprint density at radius 1 is 0.841 bits per heavy atom. The number of likely N-dealkylation sites (tertiary alicyclic amines) is 1. The minimum absolute atomic E-state index is 0.0628. The van der Waals surface area contributed by atoms with Crippen molar-refractivity contribution in [3.63, 3.8) is 0 Å². The Hall–Kier alpha value is -4.31. The molecular weight excluding hydrogens is 958 g/mol. The molecule has 3 aromatic rings. The molecular formula is C49H60F4N5O8PS2. The zero-order valence-electron chi connectivity index (χ0n) is 39.6. The molecule has 3 amide bonds. The van der Waals surface area contributed by atoms with Crippen LogP contribution in [0.3, 0.4) is 0 Å². The van der Waals surface area contributed by atoms with Crippen LogP contribution in [0.2, 0.25) is 0 Å². The van der Waals surface area contributed by atoms with Crippen LogP contribution in [0.15, 0.2) is 66.7 Å². The fraction of sp³-hybridized carbons (Fsp3) is 0.551. The first-order chi connectivity index (χ1) is 32.4. The summed E-state index contributed by atoms with van der Waals surface area (Å²) in [4.78, 5) is 72.5. The quantitative estimate of drug-likeness (QED) is 0.0824. The normalized spacial score (nSPS) is 21.8. The van der Waals surface area contributed by atoms with Crippen LogP contribution in [0.4, 0.5) is 17.6 Å². The number of hydrogen-bond donors (Lipinski definition) is 1. The predicted octanol–water partition coefficient (Wildman–Crippen LogP) is 8.92. The van der Waals surface area contributed by atoms with Crippen molar-refractivity contribution in [2.45, 2.75) is 96.9 Å². The molecule has 3 aromatic carbocycles. The molecule has 3 aliphatic heterocycles. The van der Waals surface area contributed by atoms with E-state index >= 15 is 8.78 Å². The maximum Gasteiger partial charge on any atom is 0.404 e. The number of hydrogen-bond acceptors (Lipinski definition) is 12. The summed E-state index contributed by atoms with van der Waals surface area (Å²) < 4.78 is 85.9. The third kappa shape index (κ3) is 13.0. The van der Waals surface area contributed by atoms with E-state index in [-0.39, 0.29) is 70.7 Å². The monoisotopic (exact) mass is 1020 g/mol. The molecule has 0 bridgehead atoms. The maximum atomic E-state index is 16.6. The zero-order valence-corrected chi connectivity index (χ0v) is 42.2. The molecule has 3 fully saturated rings. The number of nitrogens with zero attached hydrogens (tertiary/aromatic N) is 4. The summed E-state index contributed by atoms with van der Waals surface area (Å²) in [6.45, 7) is 8.80. The van der Waals surface area contributed by atoms with Crippen LogP contribution >= 0.6 is 31.1 Å². The lowest BCUT2D eigenvalue weighted by molar-refractivity contribution is -0.147. The Labute approximate surface area is 409 Å². The van der Waals surface area contributed by atoms with E-state index in [0.29, 0.717) is 24.6 Å². The third-order valence-electron chi connectivity index (χ3n) is 12.5. The Kier molecular flexibility index (Phi) is 17.5. The maximum absolute atomic E-state index is 16.6. The number of benzene rings is 3. The Bertz CT molecular complexity index is 2430. The zero-order chi connectivity index (χ0) is 50.5. The van der Waals surface area contributed by atoms with Crippen LogP contribution in [0, 0.1) is 28.1 Å². The summed E-state index contributed by atoms with van der Waals surface area (Å²) in [5.74, 6) is -2.65. The van der Waals surface area contributed by atoms with Gasteiger partial charge in [0.25, 0.3) is 12.3 Å². The number of alkyl halides is 4. The predicted molar refractivity (Wildman–Crippen MR) is 258 cm³/mol. The second kappa shape index (κ2) is 22.4. The lowest BCUT2D eigenvalue weighted by Gasteiger charge is -2.39. The molecule has 0 spiro atoms. The number of nitriles is 1. The largest absolute Gasteiger partial charge is 0.404 e. The van der Waals surface area contributed by atoms with Gasteiger partial charge in [-0.05, 0) is 53.8 Å². The molecule has 0 aromatic heterocycles. The van der Waals surface area contributed by atoms with Gasteiger partial charge < -0.3 is 24.2 Å². The number of carbonyl (C=O) groups excluding carboxylic acids is 5. The second-order valence-electron chi connectivity index (χ2n) is 19.7. The van der Waals surface area contributed by atoms with E-state index in [2.05, 4.69) is 11.4 Å². The van der Waals surface area contributed by atoms with Gasteiger partial charge >= 0.3 is 13.3 Å². The fourth-order valence-corrected chi connectivity index (χ4v) is 12.0. The van der Waals surface area contributed by atoms with Crippen molar-refractivity contribution < 1.29 is 55.1 Å². The van der Waals surface area contributed by atoms with Gasteiger partial charge in [0.15, 0.2) is 10.2 Å². The Morgan fingerprint density at radius 2 is 1.46 bits per heavy atom. The molecule has 3 aliphatic rings. The first-order valence-electron chi connectivity index (χ1n) is 23.0. The third-order valence-corrected chi connectivity index (χ3v) is 16.9. The molecule has 69 heavy (non-hydrogen) atoms. The van der Waals surface area contributed by atoms with Crippen LogP contribution < -0.4 is 5.32 Å². The van der Waals surface area contributed by atoms with Gasteiger partial charge in [0, 0.05) is 71.6 Å². The number of thioether (sulfide) groups is 2. The van der Waals surface area contributed by atoms with Crippen molar-refractivity contribution in [3.05, 3.63) is 83.4 Å². The van der Waals surface area contributed by atoms with Gasteiger partial charge in [-0.15, -0.1) is 0 Å². The minimum Gasteiger partial charge on any atom is -0.339 e. The van der Waals surface area contributed by atoms with Crippen molar-refractivity contribution >= 4 is 69.8 Å². The van der Waals surface area contributed by atoms with Crippen molar-refractivity contribution in [1.29, 1.82) is 5.26 Å². The summed E-state index contributed by atoms with van der Waals surface area (Å²) in [5, 5.41) is 12.8. The molecule has 5 atom stereocenters. The van der Waals surface area contributed by atoms with Gasteiger partial charge in [-0.25, -0.2) is 8.78 Å². The topological polar surface area (TPSA) is 166 Å². The SMILES string of the molecule is CC(C)(C)C(=O)SCCOP(=O)(OCCSC(=O)C(C)(C)C)C(F)(F)c1ccc2ccc(C(=O)N[C@H]3CN(CC(F)F)CC[C@H]4CC[C@@H](C(=O)N5C[C@H](c6ccccc6)[C@@H](C#N)C5)N4C3=O)cc2c1. The molecule has 0 radical (unpaired) electrons. The van der Waals surface area contributed by atoms with Gasteiger partial charge in [0.1, 0.15) is 12.1 Å². The number of carbonyl (C=O) groups is 5. The molecule has 0 unspecified atom stereocenters. The highest BCUT2D eigenvalue weighted by molar-refractivity contribution is 8.14. The molecule has 13 nitrogen and oxygen atoms in total. The van der Waals surface area contributed by atoms with Gasteiger partial charge in [-0.1, -0.05) is 114 Å². The molecule has 20 heteroatoms. The second-order valence-corrected chi connectivity index (χ2v) is 23.9. The molecule has 374 valence electrons. The lowest BCUT2D eigenvalue weighted by Crippen LogP contribution is -2.61. The van der Waals surface area contributed by atoms with Crippen LogP contribution in [0.5, 0.6) is 0 Å². The van der Waals surface area contributed by atoms with Gasteiger partial charge in [0.05, 0.1) is 31.7 Å². The van der Waals surface area contributed by atoms with Crippen LogP contribution in [0.25, 0.3) is 10.8 Å². The van der Waals surface area contributed by atoms with Crippen LogP contribution in [-0.4, -0.2) is 125 Å². The van der Waals surface area contributed by atoms with Crippen molar-refractivity contribution in [1.82, 2.24) is 20.0 Å². The summed E-state index contributed by atoms with van der Waals surface area (Å²) in [5.41, 5.74) is -5.62. The molecule has 1 N–H and O–H groups in total. The average molecular weight is 1020 g/mol. The highest BCUT2D eigenvalue weighted by Gasteiger charge is 2.55. The number of amides is 3. The van der Waals surface area contributed by atoms with Crippen LogP contribution in [0.1, 0.15) is 88.2 Å². The molecule has 3 heterocycles. The summed E-state index contributed by atoms with van der Waals surface area (Å²) in [7, 11) is -5.36. The summed E-state index contributed by atoms with van der Waals surface area (Å²) in [6.07, 6.45) is -1.68. The molecule has 6 rings (SSSR count). The van der Waals surface area contributed by atoms with Gasteiger partial charge in [0.2, 0.25) is 11.8 Å². The van der Waals surface area contributed by atoms with E-state index in [9.17, 15) is 42.6 Å². The Balaban J connectivity index is 1.23. The van der Waals surface area contributed by atoms with E-state index in [4.69, 9.17) is 9.05 Å². The van der Waals surface area contributed by atoms with Crippen LogP contribution in [-0.2, 0) is 38.5 Å². The highest BCUT2D eigenvalue weighted by Crippen LogP contribution is 2.67. The van der Waals surface area contributed by atoms with E-state index in [1.807, 2.05) is 30.3 Å². The Morgan fingerprint density at radius 3 is 2.06 bits per heavy atom. The van der Waals surface area contributed by atoms with E-state index < -0.39 is 91.7 Å². The number of halogens is 4. The van der Waals surface area contributed by atoms with E-state index in [0.717, 1.165) is 41.2 Å². The fourth-order valence-electron chi connectivity index (χ4n) is 8.70. The summed E-state index contributed by atoms with van der Waals surface area (Å²) in [6, 6.07) is 16.6. The number of fused-ring (bicyclic) bond motifs is 2. The van der Waals surface area contributed by atoms with Crippen molar-refractivity contribution in [2.75, 3.05) is 57.4 Å². The van der Waals surface area contributed by atoms with Crippen molar-refractivity contribution in [3.8, 4) is 6.07 Å². The molecule has 0 aliphatic carbocycles. The van der Waals surface area contributed by atoms with Gasteiger partial charge in [-0.3, -0.25) is 33.4 Å². The van der Waals surface area contributed by atoms with Crippen molar-refractivity contribution in [2.24, 2.45) is 16.7 Å². The van der Waals surface area contributed by atoms with Gasteiger partial charge in [-0.2, -0.15) is 14.0 Å². The average Bonchev–Trinajstić information content (AvgIpc) is 3.93. The smallest absolute Gasteiger partial charge is 0.339 e. The van der Waals surface area contributed by atoms with E-state index in [1.54, 1.807) is 46.4 Å². The van der Waals surface area contributed by atoms with E-state index in [1.165, 1.54) is 34.1 Å².